The highest BCUT2D eigenvalue weighted by Gasteiger charge is 2.19. The van der Waals surface area contributed by atoms with E-state index in [2.05, 4.69) is 16.7 Å². The number of hydrogen-bond acceptors (Lipinski definition) is 5. The first-order valence-electron chi connectivity index (χ1n) is 9.31. The third-order valence-corrected chi connectivity index (χ3v) is 6.33. The van der Waals surface area contributed by atoms with Crippen molar-refractivity contribution in [2.45, 2.75) is 30.9 Å². The molecule has 2 amide bonds. The standard InChI is InChI=1S/C23H21N3O2S2/c1-14-7-9-17(10-8-14)21-13-29-23(20(21)12-24)26-22(28)15(2)30-19-6-4-5-18(11-19)25-16(3)27/h4-11,13,15H,1-3H3,(H,25,27)(H,26,28). The van der Waals surface area contributed by atoms with E-state index in [0.29, 0.717) is 16.3 Å². The number of benzene rings is 2. The van der Waals surface area contributed by atoms with E-state index in [1.807, 2.05) is 61.7 Å². The van der Waals surface area contributed by atoms with E-state index in [-0.39, 0.29) is 17.1 Å². The van der Waals surface area contributed by atoms with E-state index >= 15 is 0 Å². The van der Waals surface area contributed by atoms with Crippen molar-refractivity contribution in [3.05, 3.63) is 65.0 Å². The minimum absolute atomic E-state index is 0.144. The van der Waals surface area contributed by atoms with Crippen LogP contribution < -0.4 is 10.6 Å². The summed E-state index contributed by atoms with van der Waals surface area (Å²) in [7, 11) is 0. The molecule has 0 aliphatic heterocycles. The number of thiophene rings is 1. The number of amides is 2. The molecule has 0 saturated carbocycles. The molecular formula is C23H21N3O2S2. The molecule has 30 heavy (non-hydrogen) atoms. The zero-order valence-electron chi connectivity index (χ0n) is 16.9. The molecule has 1 atom stereocenters. The largest absolute Gasteiger partial charge is 0.326 e. The molecular weight excluding hydrogens is 414 g/mol. The van der Waals surface area contributed by atoms with Crippen LogP contribution in [0.2, 0.25) is 0 Å². The first-order valence-corrected chi connectivity index (χ1v) is 11.1. The van der Waals surface area contributed by atoms with Crippen LogP contribution in [0.3, 0.4) is 0 Å². The minimum Gasteiger partial charge on any atom is -0.326 e. The number of thioether (sulfide) groups is 1. The predicted octanol–water partition coefficient (Wildman–Crippen LogP) is 5.67. The Morgan fingerprint density at radius 3 is 2.53 bits per heavy atom. The van der Waals surface area contributed by atoms with Crippen LogP contribution in [0.4, 0.5) is 10.7 Å². The second-order valence-electron chi connectivity index (χ2n) is 6.79. The summed E-state index contributed by atoms with van der Waals surface area (Å²) in [6, 6.07) is 17.5. The Morgan fingerprint density at radius 1 is 1.13 bits per heavy atom. The SMILES string of the molecule is CC(=O)Nc1cccc(SC(C)C(=O)Nc2scc(-c3ccc(C)cc3)c2C#N)c1. The molecule has 2 aromatic carbocycles. The van der Waals surface area contributed by atoms with Crippen LogP contribution >= 0.6 is 23.1 Å². The van der Waals surface area contributed by atoms with Crippen molar-refractivity contribution in [1.82, 2.24) is 0 Å². The molecule has 0 fully saturated rings. The van der Waals surface area contributed by atoms with E-state index in [9.17, 15) is 14.9 Å². The zero-order chi connectivity index (χ0) is 21.7. The van der Waals surface area contributed by atoms with E-state index < -0.39 is 0 Å². The van der Waals surface area contributed by atoms with Gasteiger partial charge in [-0.2, -0.15) is 5.26 Å². The van der Waals surface area contributed by atoms with Crippen LogP contribution in [0.15, 0.2) is 58.8 Å². The van der Waals surface area contributed by atoms with Gasteiger partial charge in [0.2, 0.25) is 11.8 Å². The Morgan fingerprint density at radius 2 is 1.87 bits per heavy atom. The quantitative estimate of drug-likeness (QED) is 0.489. The van der Waals surface area contributed by atoms with E-state index in [1.165, 1.54) is 30.0 Å². The van der Waals surface area contributed by atoms with Gasteiger partial charge in [-0.3, -0.25) is 9.59 Å². The molecule has 5 nitrogen and oxygen atoms in total. The Labute approximate surface area is 184 Å². The minimum atomic E-state index is -0.381. The molecule has 2 N–H and O–H groups in total. The number of nitrogens with zero attached hydrogens (tertiary/aromatic N) is 1. The van der Waals surface area contributed by atoms with Crippen LogP contribution in [0.5, 0.6) is 0 Å². The number of anilines is 2. The Bertz CT molecular complexity index is 1110. The van der Waals surface area contributed by atoms with Crippen molar-refractivity contribution in [2.24, 2.45) is 0 Å². The summed E-state index contributed by atoms with van der Waals surface area (Å²) in [5.74, 6) is -0.326. The number of rotatable bonds is 6. The second kappa shape index (κ2) is 9.61. The summed E-state index contributed by atoms with van der Waals surface area (Å²) in [5.41, 5.74) is 4.08. The average molecular weight is 436 g/mol. The molecule has 1 unspecified atom stereocenters. The van der Waals surface area contributed by atoms with Crippen molar-refractivity contribution in [3.63, 3.8) is 0 Å². The molecule has 1 aromatic heterocycles. The van der Waals surface area contributed by atoms with E-state index in [1.54, 1.807) is 6.07 Å². The lowest BCUT2D eigenvalue weighted by Crippen LogP contribution is -2.22. The summed E-state index contributed by atoms with van der Waals surface area (Å²) < 4.78 is 0. The molecule has 0 saturated heterocycles. The maximum Gasteiger partial charge on any atom is 0.238 e. The fourth-order valence-electron chi connectivity index (χ4n) is 2.83. The van der Waals surface area contributed by atoms with Gasteiger partial charge in [0.15, 0.2) is 0 Å². The number of nitrogens with one attached hydrogen (secondary N) is 2. The fourth-order valence-corrected chi connectivity index (χ4v) is 4.68. The highest BCUT2D eigenvalue weighted by molar-refractivity contribution is 8.00. The van der Waals surface area contributed by atoms with Crippen molar-refractivity contribution >= 4 is 45.6 Å². The summed E-state index contributed by atoms with van der Waals surface area (Å²) in [6.45, 7) is 5.28. The number of nitriles is 1. The van der Waals surface area contributed by atoms with Gasteiger partial charge in [0.25, 0.3) is 0 Å². The van der Waals surface area contributed by atoms with Gasteiger partial charge in [-0.1, -0.05) is 35.9 Å². The normalized spacial score (nSPS) is 11.4. The first-order chi connectivity index (χ1) is 14.4. The van der Waals surface area contributed by atoms with Gasteiger partial charge in [-0.25, -0.2) is 0 Å². The topological polar surface area (TPSA) is 82.0 Å². The first kappa shape index (κ1) is 21.6. The lowest BCUT2D eigenvalue weighted by molar-refractivity contribution is -0.115. The highest BCUT2D eigenvalue weighted by Crippen LogP contribution is 2.36. The number of hydrogen-bond donors (Lipinski definition) is 2. The average Bonchev–Trinajstić information content (AvgIpc) is 3.10. The number of carbonyl (C=O) groups excluding carboxylic acids is 2. The van der Waals surface area contributed by atoms with Gasteiger partial charge in [-0.05, 0) is 37.6 Å². The number of carbonyl (C=O) groups is 2. The summed E-state index contributed by atoms with van der Waals surface area (Å²) in [5, 5.41) is 17.4. The Hall–Kier alpha value is -3.08. The summed E-state index contributed by atoms with van der Waals surface area (Å²) in [6.07, 6.45) is 0. The van der Waals surface area contributed by atoms with Crippen molar-refractivity contribution in [2.75, 3.05) is 10.6 Å². The van der Waals surface area contributed by atoms with Gasteiger partial charge >= 0.3 is 0 Å². The third kappa shape index (κ3) is 5.29. The molecule has 1 heterocycles. The third-order valence-electron chi connectivity index (χ3n) is 4.34. The highest BCUT2D eigenvalue weighted by atomic mass is 32.2. The van der Waals surface area contributed by atoms with Gasteiger partial charge < -0.3 is 10.6 Å². The second-order valence-corrected chi connectivity index (χ2v) is 9.08. The van der Waals surface area contributed by atoms with E-state index in [4.69, 9.17) is 0 Å². The molecule has 0 aliphatic carbocycles. The van der Waals surface area contributed by atoms with Crippen LogP contribution in [-0.4, -0.2) is 17.1 Å². The maximum atomic E-state index is 12.7. The summed E-state index contributed by atoms with van der Waals surface area (Å²) >= 11 is 2.74. The molecule has 3 rings (SSSR count). The zero-order valence-corrected chi connectivity index (χ0v) is 18.5. The Kier molecular flexibility index (Phi) is 6.93. The molecule has 0 aliphatic rings. The van der Waals surface area contributed by atoms with Crippen LogP contribution in [0, 0.1) is 18.3 Å². The maximum absolute atomic E-state index is 12.7. The van der Waals surface area contributed by atoms with Gasteiger partial charge in [0, 0.05) is 28.5 Å². The monoisotopic (exact) mass is 435 g/mol. The predicted molar refractivity (Wildman–Crippen MR) is 124 cm³/mol. The molecule has 152 valence electrons. The van der Waals surface area contributed by atoms with E-state index in [0.717, 1.165) is 21.6 Å². The van der Waals surface area contributed by atoms with Gasteiger partial charge in [-0.15, -0.1) is 23.1 Å². The molecule has 0 spiro atoms. The van der Waals surface area contributed by atoms with Crippen molar-refractivity contribution < 1.29 is 9.59 Å². The lowest BCUT2D eigenvalue weighted by Gasteiger charge is -2.12. The van der Waals surface area contributed by atoms with Gasteiger partial charge in [0.1, 0.15) is 11.1 Å². The van der Waals surface area contributed by atoms with Crippen LogP contribution in [-0.2, 0) is 9.59 Å². The van der Waals surface area contributed by atoms with Crippen molar-refractivity contribution in [1.29, 1.82) is 5.26 Å². The molecule has 7 heteroatoms. The Balaban J connectivity index is 1.72. The molecule has 0 bridgehead atoms. The van der Waals surface area contributed by atoms with Gasteiger partial charge in [0.05, 0.1) is 10.8 Å². The molecule has 0 radical (unpaired) electrons. The van der Waals surface area contributed by atoms with Crippen LogP contribution in [0.1, 0.15) is 25.0 Å². The summed E-state index contributed by atoms with van der Waals surface area (Å²) in [4.78, 5) is 24.8. The lowest BCUT2D eigenvalue weighted by atomic mass is 10.0. The fraction of sp³-hybridized carbons (Fsp3) is 0.174. The molecule has 3 aromatic rings. The van der Waals surface area contributed by atoms with Crippen molar-refractivity contribution in [3.8, 4) is 17.2 Å². The van der Waals surface area contributed by atoms with Crippen LogP contribution in [0.25, 0.3) is 11.1 Å². The number of aryl methyl sites for hydroxylation is 1. The smallest absolute Gasteiger partial charge is 0.238 e.